The maximum Gasteiger partial charge on any atom is 0.408 e. The Labute approximate surface area is 272 Å². The normalized spacial score (nSPS) is 19.9. The topological polar surface area (TPSA) is 99.5 Å². The van der Waals surface area contributed by atoms with E-state index in [-0.39, 0.29) is 28.5 Å². The zero-order valence-electron chi connectivity index (χ0n) is 31.1. The van der Waals surface area contributed by atoms with Gasteiger partial charge in [-0.3, -0.25) is 0 Å². The number of nitrogens with one attached hydrogen (secondary N) is 2. The maximum absolute atomic E-state index is 15.0. The molecule has 3 rings (SSSR count). The first-order chi connectivity index (χ1) is 21.2. The molecule has 45 heavy (non-hydrogen) atoms. The zero-order valence-corrected chi connectivity index (χ0v) is 30.1. The van der Waals surface area contributed by atoms with Crippen molar-refractivity contribution >= 4 is 25.9 Å². The van der Waals surface area contributed by atoms with Gasteiger partial charge in [0.1, 0.15) is 11.4 Å². The fourth-order valence-electron chi connectivity index (χ4n) is 4.75. The number of alkyl halides is 2. The van der Waals surface area contributed by atoms with Crippen LogP contribution in [0.2, 0.25) is 18.1 Å². The zero-order chi connectivity index (χ0) is 35.8. The lowest BCUT2D eigenvalue weighted by atomic mass is 10.0. The highest BCUT2D eigenvalue weighted by atomic mass is 28.4. The van der Waals surface area contributed by atoms with Gasteiger partial charge in [-0.1, -0.05) is 20.8 Å². The first-order valence-electron chi connectivity index (χ1n) is 16.8. The molecule has 2 heterocycles. The number of carbonyl (C=O) groups is 1. The fourth-order valence-corrected chi connectivity index (χ4v) is 6.15. The molecular weight excluding hydrogens is 596 g/mol. The van der Waals surface area contributed by atoms with E-state index in [0.29, 0.717) is 5.69 Å². The summed E-state index contributed by atoms with van der Waals surface area (Å²) in [5.74, 6) is -2.84. The number of carbonyl (C=O) groups excluding carboxylic acids is 1. The summed E-state index contributed by atoms with van der Waals surface area (Å²) >= 11 is 0. The summed E-state index contributed by atoms with van der Waals surface area (Å²) < 4.78 is 65.4. The van der Waals surface area contributed by atoms with Crippen LogP contribution in [0.1, 0.15) is 109 Å². The minimum Gasteiger partial charge on any atom is -0.477 e. The van der Waals surface area contributed by atoms with Gasteiger partial charge >= 0.3 is 6.09 Å². The number of aromatic nitrogens is 3. The minimum absolute atomic E-state index is 0.140. The lowest BCUT2D eigenvalue weighted by Gasteiger charge is -2.38. The van der Waals surface area contributed by atoms with Crippen LogP contribution in [0.25, 0.3) is 0 Å². The van der Waals surface area contributed by atoms with Crippen molar-refractivity contribution in [1.82, 2.24) is 20.1 Å². The van der Waals surface area contributed by atoms with E-state index < -0.39 is 45.0 Å². The van der Waals surface area contributed by atoms with Gasteiger partial charge in [-0.15, -0.1) is 0 Å². The Hall–Kier alpha value is -2.73. The number of hydrogen-bond donors (Lipinski definition) is 2. The molecular formula is C33H55F2N5O4Si. The van der Waals surface area contributed by atoms with Crippen molar-refractivity contribution in [1.29, 1.82) is 0 Å². The van der Waals surface area contributed by atoms with E-state index in [4.69, 9.17) is 21.7 Å². The number of alkyl carbamates (subject to hydrolysis) is 1. The Bertz CT molecular complexity index is 1390. The van der Waals surface area contributed by atoms with E-state index in [2.05, 4.69) is 70.3 Å². The van der Waals surface area contributed by atoms with Gasteiger partial charge in [-0.2, -0.15) is 5.10 Å². The number of amides is 1. The standard InChI is InChI=1S/C33H55F2N5O4Si/c1-22(37-29(41)43-31(5,6)7)33(34,35)16-18-42-28-20-24(15-17-36-28)38-27-21-26(39-40(27)30(2,3)4)23-13-14-25(19-23)44-45(11,12)32(8,9)10/h15,17,20-23,25H,13-14,16,18-19H2,1-12H3,(H,36,38)(H,37,41)/t22-,23-,25+/m0/s1/i18D2. The highest BCUT2D eigenvalue weighted by Crippen LogP contribution is 2.43. The molecule has 254 valence electrons. The largest absolute Gasteiger partial charge is 0.477 e. The molecule has 1 aliphatic rings. The first kappa shape index (κ1) is 33.6. The highest BCUT2D eigenvalue weighted by Gasteiger charge is 2.41. The van der Waals surface area contributed by atoms with E-state index in [9.17, 15) is 13.6 Å². The second-order valence-corrected chi connectivity index (χ2v) is 20.4. The van der Waals surface area contributed by atoms with E-state index in [1.165, 1.54) is 12.3 Å². The molecule has 1 aliphatic carbocycles. The molecule has 1 amide bonds. The van der Waals surface area contributed by atoms with Gasteiger partial charge in [0.15, 0.2) is 8.32 Å². The highest BCUT2D eigenvalue weighted by molar-refractivity contribution is 6.74. The number of halogens is 2. The van der Waals surface area contributed by atoms with Crippen LogP contribution in [0.5, 0.6) is 5.88 Å². The predicted molar refractivity (Wildman–Crippen MR) is 177 cm³/mol. The Morgan fingerprint density at radius 3 is 2.40 bits per heavy atom. The van der Waals surface area contributed by atoms with Crippen LogP contribution in [-0.4, -0.2) is 59.4 Å². The summed E-state index contributed by atoms with van der Waals surface area (Å²) in [5, 5.41) is 10.6. The van der Waals surface area contributed by atoms with Crippen molar-refractivity contribution in [2.24, 2.45) is 0 Å². The quantitative estimate of drug-likeness (QED) is 0.234. The molecule has 0 radical (unpaired) electrons. The van der Waals surface area contributed by atoms with E-state index in [1.807, 2.05) is 10.7 Å². The molecule has 0 spiro atoms. The number of pyridine rings is 1. The SMILES string of the molecule is [2H]C([2H])(CC(F)(F)[C@H](C)NC(=O)OC(C)(C)C)Oc1cc(Nc2cc([C@H]3CC[C@@H](O[Si](C)(C)C(C)(C)C)C3)nn2C(C)(C)C)ccn1. The third-order valence-electron chi connectivity index (χ3n) is 8.29. The molecule has 0 bridgehead atoms. The molecule has 0 saturated heterocycles. The van der Waals surface area contributed by atoms with E-state index in [1.54, 1.807) is 26.8 Å². The van der Waals surface area contributed by atoms with E-state index in [0.717, 1.165) is 37.7 Å². The van der Waals surface area contributed by atoms with Gasteiger partial charge in [0, 0.05) is 42.5 Å². The van der Waals surface area contributed by atoms with E-state index >= 15 is 0 Å². The van der Waals surface area contributed by atoms with Crippen molar-refractivity contribution in [3.8, 4) is 5.88 Å². The molecule has 2 N–H and O–H groups in total. The lowest BCUT2D eigenvalue weighted by Crippen LogP contribution is -2.47. The van der Waals surface area contributed by atoms with Gasteiger partial charge in [-0.05, 0) is 91.9 Å². The average Bonchev–Trinajstić information content (AvgIpc) is 3.48. The Morgan fingerprint density at radius 2 is 1.80 bits per heavy atom. The number of ether oxygens (including phenoxy) is 2. The summed E-state index contributed by atoms with van der Waals surface area (Å²) in [7, 11) is -1.89. The monoisotopic (exact) mass is 653 g/mol. The van der Waals surface area contributed by atoms with Crippen LogP contribution in [0.3, 0.4) is 0 Å². The van der Waals surface area contributed by atoms with Crippen molar-refractivity contribution in [2.45, 2.75) is 148 Å². The summed E-state index contributed by atoms with van der Waals surface area (Å²) in [6.45, 7) is 20.6. The third-order valence-corrected chi connectivity index (χ3v) is 12.8. The first-order valence-corrected chi connectivity index (χ1v) is 18.7. The lowest BCUT2D eigenvalue weighted by molar-refractivity contribution is -0.0505. The number of nitrogens with zero attached hydrogens (tertiary/aromatic N) is 3. The van der Waals surface area contributed by atoms with Crippen LogP contribution in [0.4, 0.5) is 25.1 Å². The Balaban J connectivity index is 1.73. The molecule has 0 aromatic carbocycles. The predicted octanol–water partition coefficient (Wildman–Crippen LogP) is 8.75. The summed E-state index contributed by atoms with van der Waals surface area (Å²) in [6, 6.07) is 3.46. The minimum atomic E-state index is -3.65. The van der Waals surface area contributed by atoms with Gasteiger partial charge in [0.25, 0.3) is 5.92 Å². The molecule has 3 atom stereocenters. The van der Waals surface area contributed by atoms with Gasteiger partial charge in [-0.25, -0.2) is 23.2 Å². The van der Waals surface area contributed by atoms with Crippen molar-refractivity contribution < 1.29 is 30.2 Å². The van der Waals surface area contributed by atoms with Crippen LogP contribution >= 0.6 is 0 Å². The maximum atomic E-state index is 15.0. The van der Waals surface area contributed by atoms with Crippen LogP contribution < -0.4 is 15.4 Å². The van der Waals surface area contributed by atoms with Crippen LogP contribution in [-0.2, 0) is 14.7 Å². The second kappa shape index (κ2) is 13.6. The molecule has 1 fully saturated rings. The molecule has 0 aliphatic heterocycles. The Morgan fingerprint density at radius 1 is 1.13 bits per heavy atom. The third kappa shape index (κ3) is 10.4. The molecule has 2 aromatic rings. The van der Waals surface area contributed by atoms with Crippen molar-refractivity contribution in [2.75, 3.05) is 11.9 Å². The van der Waals surface area contributed by atoms with Crippen molar-refractivity contribution in [3.63, 3.8) is 0 Å². The summed E-state index contributed by atoms with van der Waals surface area (Å²) in [6.07, 6.45) is 2.16. The number of rotatable bonds is 11. The summed E-state index contributed by atoms with van der Waals surface area (Å²) in [5.41, 5.74) is 0.282. The molecule has 2 aromatic heterocycles. The molecule has 0 unspecified atom stereocenters. The van der Waals surface area contributed by atoms with Crippen LogP contribution in [0, 0.1) is 0 Å². The summed E-state index contributed by atoms with van der Waals surface area (Å²) in [4.78, 5) is 16.1. The van der Waals surface area contributed by atoms with Gasteiger partial charge < -0.3 is 24.5 Å². The van der Waals surface area contributed by atoms with Gasteiger partial charge in [0.2, 0.25) is 5.88 Å². The molecule has 12 heteroatoms. The molecule has 1 saturated carbocycles. The second-order valence-electron chi connectivity index (χ2n) is 15.6. The van der Waals surface area contributed by atoms with Crippen LogP contribution in [0.15, 0.2) is 24.4 Å². The average molecular weight is 654 g/mol. The molecule has 9 nitrogen and oxygen atoms in total. The smallest absolute Gasteiger partial charge is 0.408 e. The van der Waals surface area contributed by atoms with Gasteiger partial charge in [0.05, 0.1) is 26.6 Å². The number of hydrogen-bond acceptors (Lipinski definition) is 7. The fraction of sp³-hybridized carbons (Fsp3) is 0.727. The Kier molecular flexibility index (Phi) is 10.1. The number of anilines is 2. The van der Waals surface area contributed by atoms with Crippen molar-refractivity contribution in [3.05, 3.63) is 30.1 Å².